The second kappa shape index (κ2) is 6.89. The van der Waals surface area contributed by atoms with Crippen molar-refractivity contribution in [2.45, 2.75) is 40.0 Å². The Bertz CT molecular complexity index is 405. The summed E-state index contributed by atoms with van der Waals surface area (Å²) < 4.78 is 7.03. The van der Waals surface area contributed by atoms with E-state index in [-0.39, 0.29) is 0 Å². The Labute approximate surface area is 103 Å². The lowest BCUT2D eigenvalue weighted by atomic mass is 10.3. The number of ether oxygens (including phenoxy) is 1. The van der Waals surface area contributed by atoms with Crippen LogP contribution in [0.1, 0.15) is 39.2 Å². The van der Waals surface area contributed by atoms with E-state index in [1.54, 1.807) is 7.11 Å². The first kappa shape index (κ1) is 13.5. The third-order valence-electron chi connectivity index (χ3n) is 2.45. The zero-order chi connectivity index (χ0) is 12.7. The minimum absolute atomic E-state index is 0.651. The van der Waals surface area contributed by atoms with E-state index in [4.69, 9.17) is 4.74 Å². The van der Waals surface area contributed by atoms with Crippen LogP contribution in [0.25, 0.3) is 0 Å². The molecular weight excluding hydrogens is 214 g/mol. The third kappa shape index (κ3) is 3.73. The smallest absolute Gasteiger partial charge is 0.210 e. The first-order valence-corrected chi connectivity index (χ1v) is 6.10. The number of aromatic nitrogens is 2. The van der Waals surface area contributed by atoms with Gasteiger partial charge in [-0.25, -0.2) is 4.68 Å². The normalized spacial score (nSPS) is 12.9. The topological polar surface area (TPSA) is 39.4 Å². The maximum absolute atomic E-state index is 5.21. The fourth-order valence-corrected chi connectivity index (χ4v) is 1.45. The number of aliphatic imine (C=N–C) groups is 1. The minimum Gasteiger partial charge on any atom is -0.481 e. The van der Waals surface area contributed by atoms with Crippen molar-refractivity contribution in [2.75, 3.05) is 7.11 Å². The molecule has 1 heterocycles. The molecule has 0 atom stereocenters. The summed E-state index contributed by atoms with van der Waals surface area (Å²) in [6.45, 7) is 6.23. The molecule has 0 saturated heterocycles. The van der Waals surface area contributed by atoms with E-state index in [0.29, 0.717) is 5.88 Å². The average Bonchev–Trinajstić information content (AvgIpc) is 2.83. The molecule has 0 saturated carbocycles. The predicted octanol–water partition coefficient (Wildman–Crippen LogP) is 3.00. The fraction of sp³-hybridized carbons (Fsp3) is 0.538. The number of hydrogen-bond acceptors (Lipinski definition) is 3. The lowest BCUT2D eigenvalue weighted by Gasteiger charge is -2.05. The van der Waals surface area contributed by atoms with Gasteiger partial charge < -0.3 is 4.74 Å². The number of nitrogens with zero attached hydrogens (tertiary/aromatic N) is 3. The quantitative estimate of drug-likeness (QED) is 0.447. The van der Waals surface area contributed by atoms with Gasteiger partial charge in [0.2, 0.25) is 5.88 Å². The first-order valence-electron chi connectivity index (χ1n) is 6.10. The zero-order valence-corrected chi connectivity index (χ0v) is 11.1. The molecule has 0 aliphatic rings. The molecule has 1 aromatic rings. The predicted molar refractivity (Wildman–Crippen MR) is 70.1 cm³/mol. The number of hydrogen-bond donors (Lipinski definition) is 0. The van der Waals surface area contributed by atoms with Gasteiger partial charge >= 0.3 is 0 Å². The lowest BCUT2D eigenvalue weighted by Crippen LogP contribution is -2.12. The average molecular weight is 235 g/mol. The molecule has 0 unspecified atom stereocenters. The highest BCUT2D eigenvalue weighted by molar-refractivity contribution is 5.84. The molecule has 0 fully saturated rings. The number of allylic oxidation sites excluding steroid dienone is 1. The monoisotopic (exact) mass is 235 g/mol. The Morgan fingerprint density at radius 2 is 2.24 bits per heavy atom. The summed E-state index contributed by atoms with van der Waals surface area (Å²) in [7, 11) is 1.64. The fourth-order valence-electron chi connectivity index (χ4n) is 1.45. The summed E-state index contributed by atoms with van der Waals surface area (Å²) in [6, 6.07) is 0. The van der Waals surface area contributed by atoms with Crippen molar-refractivity contribution in [2.24, 2.45) is 4.99 Å². The summed E-state index contributed by atoms with van der Waals surface area (Å²) in [5.74, 6) is 1.55. The minimum atomic E-state index is 0.651. The van der Waals surface area contributed by atoms with Gasteiger partial charge in [0.05, 0.1) is 13.3 Å². The zero-order valence-electron chi connectivity index (χ0n) is 11.1. The largest absolute Gasteiger partial charge is 0.481 e. The van der Waals surface area contributed by atoms with Crippen molar-refractivity contribution in [3.63, 3.8) is 0 Å². The van der Waals surface area contributed by atoms with Crippen LogP contribution >= 0.6 is 0 Å². The molecule has 0 N–H and O–H groups in total. The molecule has 4 nitrogen and oxygen atoms in total. The van der Waals surface area contributed by atoms with Gasteiger partial charge in [-0.2, -0.15) is 10.1 Å². The molecular formula is C13H21N3O. The SMILES string of the molecule is CC/C=C(\N=C(/CC)n1cc(CC)cn1)OC. The number of rotatable bonds is 5. The van der Waals surface area contributed by atoms with Gasteiger partial charge in [-0.1, -0.05) is 20.8 Å². The molecule has 0 aliphatic carbocycles. The van der Waals surface area contributed by atoms with Crippen molar-refractivity contribution < 1.29 is 4.74 Å². The second-order valence-electron chi connectivity index (χ2n) is 3.68. The summed E-state index contributed by atoms with van der Waals surface area (Å²) in [6.07, 6.45) is 8.56. The molecule has 1 rings (SSSR count). The Balaban J connectivity index is 2.97. The Morgan fingerprint density at radius 3 is 2.71 bits per heavy atom. The summed E-state index contributed by atoms with van der Waals surface area (Å²) >= 11 is 0. The van der Waals surface area contributed by atoms with Gasteiger partial charge in [0.15, 0.2) is 0 Å². The Kier molecular flexibility index (Phi) is 5.46. The summed E-state index contributed by atoms with van der Waals surface area (Å²) in [5, 5.41) is 4.31. The van der Waals surface area contributed by atoms with Crippen LogP contribution in [0.3, 0.4) is 0 Å². The maximum atomic E-state index is 5.21. The molecule has 0 amide bonds. The summed E-state index contributed by atoms with van der Waals surface area (Å²) in [4.78, 5) is 4.48. The van der Waals surface area contributed by atoms with E-state index >= 15 is 0 Å². The van der Waals surface area contributed by atoms with Crippen LogP contribution in [0.4, 0.5) is 0 Å². The Morgan fingerprint density at radius 1 is 1.47 bits per heavy atom. The van der Waals surface area contributed by atoms with E-state index in [1.165, 1.54) is 5.56 Å². The van der Waals surface area contributed by atoms with Crippen LogP contribution < -0.4 is 0 Å². The van der Waals surface area contributed by atoms with Crippen LogP contribution in [-0.4, -0.2) is 22.7 Å². The van der Waals surface area contributed by atoms with Gasteiger partial charge in [-0.05, 0) is 24.5 Å². The highest BCUT2D eigenvalue weighted by Gasteiger charge is 2.04. The van der Waals surface area contributed by atoms with E-state index in [2.05, 4.69) is 30.9 Å². The van der Waals surface area contributed by atoms with E-state index in [9.17, 15) is 0 Å². The molecule has 0 bridgehead atoms. The molecule has 1 aromatic heterocycles. The van der Waals surface area contributed by atoms with Crippen molar-refractivity contribution >= 4 is 5.84 Å². The number of aryl methyl sites for hydroxylation is 1. The van der Waals surface area contributed by atoms with Crippen LogP contribution in [0.2, 0.25) is 0 Å². The Hall–Kier alpha value is -1.58. The van der Waals surface area contributed by atoms with E-state index in [0.717, 1.165) is 25.1 Å². The van der Waals surface area contributed by atoms with E-state index in [1.807, 2.05) is 23.2 Å². The van der Waals surface area contributed by atoms with Gasteiger partial charge in [0.1, 0.15) is 5.84 Å². The maximum Gasteiger partial charge on any atom is 0.210 e. The van der Waals surface area contributed by atoms with Crippen molar-refractivity contribution in [1.29, 1.82) is 0 Å². The van der Waals surface area contributed by atoms with Crippen LogP contribution in [0.15, 0.2) is 29.3 Å². The second-order valence-corrected chi connectivity index (χ2v) is 3.68. The standard InChI is InChI=1S/C13H21N3O/c1-5-8-13(17-4)15-12(7-3)16-10-11(6-2)9-14-16/h8-10H,5-7H2,1-4H3/b13-8+,15-12+. The molecule has 0 spiro atoms. The first-order chi connectivity index (χ1) is 8.24. The molecule has 94 valence electrons. The highest BCUT2D eigenvalue weighted by Crippen LogP contribution is 2.05. The third-order valence-corrected chi connectivity index (χ3v) is 2.45. The summed E-state index contributed by atoms with van der Waals surface area (Å²) in [5.41, 5.74) is 1.21. The molecule has 17 heavy (non-hydrogen) atoms. The van der Waals surface area contributed by atoms with Crippen LogP contribution in [0, 0.1) is 0 Å². The molecule has 0 radical (unpaired) electrons. The van der Waals surface area contributed by atoms with Crippen molar-refractivity contribution in [3.05, 3.63) is 29.9 Å². The van der Waals surface area contributed by atoms with Gasteiger partial charge in [-0.3, -0.25) is 0 Å². The van der Waals surface area contributed by atoms with Crippen molar-refractivity contribution in [3.8, 4) is 0 Å². The van der Waals surface area contributed by atoms with E-state index < -0.39 is 0 Å². The molecule has 0 aromatic carbocycles. The van der Waals surface area contributed by atoms with Crippen LogP contribution in [0.5, 0.6) is 0 Å². The van der Waals surface area contributed by atoms with Crippen molar-refractivity contribution in [1.82, 2.24) is 9.78 Å². The number of methoxy groups -OCH3 is 1. The van der Waals surface area contributed by atoms with Crippen LogP contribution in [-0.2, 0) is 11.2 Å². The molecule has 0 aliphatic heterocycles. The highest BCUT2D eigenvalue weighted by atomic mass is 16.5. The van der Waals surface area contributed by atoms with Gasteiger partial charge in [0.25, 0.3) is 0 Å². The lowest BCUT2D eigenvalue weighted by molar-refractivity contribution is 0.286. The van der Waals surface area contributed by atoms with Gasteiger partial charge in [-0.15, -0.1) is 0 Å². The van der Waals surface area contributed by atoms with Gasteiger partial charge in [0, 0.05) is 12.6 Å². The molecule has 4 heteroatoms.